The van der Waals surface area contributed by atoms with Gasteiger partial charge in [0.15, 0.2) is 0 Å². The van der Waals surface area contributed by atoms with E-state index in [1.807, 2.05) is 37.3 Å². The summed E-state index contributed by atoms with van der Waals surface area (Å²) in [6, 6.07) is 13.4. The molecular weight excluding hydrogens is 441 g/mol. The Kier molecular flexibility index (Phi) is 8.79. The van der Waals surface area contributed by atoms with E-state index in [-0.39, 0.29) is 36.9 Å². The van der Waals surface area contributed by atoms with Crippen LogP contribution in [0.3, 0.4) is 0 Å². The molecule has 8 heteroatoms. The topological polar surface area (TPSA) is 78.5 Å². The van der Waals surface area contributed by atoms with Crippen LogP contribution in [0.25, 0.3) is 0 Å². The molecule has 0 aliphatic heterocycles. The van der Waals surface area contributed by atoms with E-state index in [0.717, 1.165) is 11.6 Å². The number of hydrogen-bond acceptors (Lipinski definition) is 3. The van der Waals surface area contributed by atoms with Gasteiger partial charge in [-0.3, -0.25) is 14.4 Å². The minimum absolute atomic E-state index is 0.0107. The average Bonchev–Trinajstić information content (AvgIpc) is 2.72. The van der Waals surface area contributed by atoms with Crippen LogP contribution in [0.2, 0.25) is 0 Å². The van der Waals surface area contributed by atoms with Crippen LogP contribution in [0.15, 0.2) is 53.0 Å². The van der Waals surface area contributed by atoms with Gasteiger partial charge in [-0.2, -0.15) is 0 Å². The fourth-order valence-corrected chi connectivity index (χ4v) is 3.04. The first-order chi connectivity index (χ1) is 13.9. The summed E-state index contributed by atoms with van der Waals surface area (Å²) in [6.45, 7) is 2.85. The molecule has 0 spiro atoms. The number of carbonyl (C=O) groups is 3. The molecule has 0 fully saturated rings. The lowest BCUT2D eigenvalue weighted by Gasteiger charge is -2.21. The lowest BCUT2D eigenvalue weighted by atomic mass is 10.2. The molecule has 0 radical (unpaired) electrons. The monoisotopic (exact) mass is 463 g/mol. The van der Waals surface area contributed by atoms with Crippen LogP contribution in [0, 0.1) is 5.82 Å². The van der Waals surface area contributed by atoms with E-state index in [2.05, 4.69) is 26.6 Å². The predicted octanol–water partition coefficient (Wildman–Crippen LogP) is 2.87. The standard InChI is InChI=1S/C21H23BrFN3O3/c1-2-26(14-15-6-4-3-5-7-15)20(28)13-25-19(27)10-11-24-21(29)17-12-16(23)8-9-18(17)22/h3-9,12H,2,10-11,13-14H2,1H3,(H,24,29)(H,25,27). The third-order valence-electron chi connectivity index (χ3n) is 4.20. The van der Waals surface area contributed by atoms with Gasteiger partial charge in [-0.15, -0.1) is 0 Å². The van der Waals surface area contributed by atoms with Gasteiger partial charge in [0.05, 0.1) is 12.1 Å². The maximum absolute atomic E-state index is 13.3. The highest BCUT2D eigenvalue weighted by atomic mass is 79.9. The van der Waals surface area contributed by atoms with Gasteiger partial charge in [-0.25, -0.2) is 4.39 Å². The lowest BCUT2D eigenvalue weighted by molar-refractivity contribution is -0.133. The second kappa shape index (κ2) is 11.3. The van der Waals surface area contributed by atoms with Crippen LogP contribution in [0.4, 0.5) is 4.39 Å². The Bertz CT molecular complexity index is 862. The summed E-state index contributed by atoms with van der Waals surface area (Å²) >= 11 is 3.19. The molecule has 0 atom stereocenters. The van der Waals surface area contributed by atoms with Gasteiger partial charge in [-0.1, -0.05) is 30.3 Å². The van der Waals surface area contributed by atoms with Crippen LogP contribution in [0.1, 0.15) is 29.3 Å². The lowest BCUT2D eigenvalue weighted by Crippen LogP contribution is -2.40. The average molecular weight is 464 g/mol. The Balaban J connectivity index is 1.74. The fraction of sp³-hybridized carbons (Fsp3) is 0.286. The van der Waals surface area contributed by atoms with E-state index in [4.69, 9.17) is 0 Å². The Morgan fingerprint density at radius 2 is 1.79 bits per heavy atom. The smallest absolute Gasteiger partial charge is 0.252 e. The molecule has 0 saturated carbocycles. The molecular formula is C21H23BrFN3O3. The summed E-state index contributed by atoms with van der Waals surface area (Å²) in [4.78, 5) is 38.0. The second-order valence-electron chi connectivity index (χ2n) is 6.30. The molecule has 0 bridgehead atoms. The Morgan fingerprint density at radius 3 is 2.48 bits per heavy atom. The zero-order valence-electron chi connectivity index (χ0n) is 16.1. The molecule has 0 aliphatic rings. The van der Waals surface area contributed by atoms with Crippen LogP contribution < -0.4 is 10.6 Å². The van der Waals surface area contributed by atoms with Crippen molar-refractivity contribution < 1.29 is 18.8 Å². The third kappa shape index (κ3) is 7.30. The molecule has 154 valence electrons. The van der Waals surface area contributed by atoms with E-state index in [1.54, 1.807) is 4.90 Å². The number of amides is 3. The zero-order valence-corrected chi connectivity index (χ0v) is 17.7. The molecule has 0 aromatic heterocycles. The van der Waals surface area contributed by atoms with Crippen molar-refractivity contribution in [3.8, 4) is 0 Å². The SMILES string of the molecule is CCN(Cc1ccccc1)C(=O)CNC(=O)CCNC(=O)c1cc(F)ccc1Br. The quantitative estimate of drug-likeness (QED) is 0.599. The number of benzene rings is 2. The first-order valence-corrected chi connectivity index (χ1v) is 10.0. The zero-order chi connectivity index (χ0) is 21.2. The number of carbonyl (C=O) groups excluding carboxylic acids is 3. The van der Waals surface area contributed by atoms with Crippen LogP contribution in [0.5, 0.6) is 0 Å². The minimum atomic E-state index is -0.523. The molecule has 29 heavy (non-hydrogen) atoms. The van der Waals surface area contributed by atoms with Gasteiger partial charge in [0.25, 0.3) is 5.91 Å². The molecule has 6 nitrogen and oxygen atoms in total. The third-order valence-corrected chi connectivity index (χ3v) is 4.89. The van der Waals surface area contributed by atoms with Crippen LogP contribution in [-0.2, 0) is 16.1 Å². The summed E-state index contributed by atoms with van der Waals surface area (Å²) in [7, 11) is 0. The molecule has 2 aromatic rings. The van der Waals surface area contributed by atoms with Crippen LogP contribution >= 0.6 is 15.9 Å². The molecule has 0 heterocycles. The highest BCUT2D eigenvalue weighted by Crippen LogP contribution is 2.17. The van der Waals surface area contributed by atoms with Gasteiger partial charge < -0.3 is 15.5 Å². The molecule has 2 N–H and O–H groups in total. The largest absolute Gasteiger partial charge is 0.351 e. The number of rotatable bonds is 9. The van der Waals surface area contributed by atoms with Crippen LogP contribution in [-0.4, -0.2) is 42.3 Å². The Morgan fingerprint density at radius 1 is 1.07 bits per heavy atom. The number of nitrogens with one attached hydrogen (secondary N) is 2. The summed E-state index contributed by atoms with van der Waals surface area (Å²) in [5.41, 5.74) is 1.17. The van der Waals surface area contributed by atoms with Gasteiger partial charge in [0.1, 0.15) is 5.82 Å². The van der Waals surface area contributed by atoms with Crippen molar-refractivity contribution in [1.82, 2.24) is 15.5 Å². The maximum atomic E-state index is 13.3. The van der Waals surface area contributed by atoms with Crippen molar-refractivity contribution >= 4 is 33.7 Å². The van der Waals surface area contributed by atoms with Crippen molar-refractivity contribution in [2.24, 2.45) is 0 Å². The van der Waals surface area contributed by atoms with Crippen molar-refractivity contribution in [3.05, 3.63) is 69.9 Å². The summed E-state index contributed by atoms with van der Waals surface area (Å²) in [5.74, 6) is -1.55. The number of nitrogens with zero attached hydrogens (tertiary/aromatic N) is 1. The highest BCUT2D eigenvalue weighted by Gasteiger charge is 2.14. The van der Waals surface area contributed by atoms with E-state index >= 15 is 0 Å². The number of likely N-dealkylation sites (N-methyl/N-ethyl adjacent to an activating group) is 1. The number of hydrogen-bond donors (Lipinski definition) is 2. The fourth-order valence-electron chi connectivity index (χ4n) is 2.61. The maximum Gasteiger partial charge on any atom is 0.252 e. The van der Waals surface area contributed by atoms with Crippen molar-refractivity contribution in [3.63, 3.8) is 0 Å². The second-order valence-corrected chi connectivity index (χ2v) is 7.15. The van der Waals surface area contributed by atoms with E-state index < -0.39 is 11.7 Å². The molecule has 3 amide bonds. The first-order valence-electron chi connectivity index (χ1n) is 9.22. The van der Waals surface area contributed by atoms with Gasteiger partial charge in [0, 0.05) is 30.5 Å². The first kappa shape index (κ1) is 22.5. The Labute approximate surface area is 177 Å². The van der Waals surface area contributed by atoms with Crippen molar-refractivity contribution in [1.29, 1.82) is 0 Å². The molecule has 0 aliphatic carbocycles. The minimum Gasteiger partial charge on any atom is -0.351 e. The van der Waals surface area contributed by atoms with Gasteiger partial charge >= 0.3 is 0 Å². The predicted molar refractivity (Wildman–Crippen MR) is 112 cm³/mol. The molecule has 0 unspecified atom stereocenters. The van der Waals surface area contributed by atoms with Gasteiger partial charge in [-0.05, 0) is 46.6 Å². The van der Waals surface area contributed by atoms with Crippen molar-refractivity contribution in [2.75, 3.05) is 19.6 Å². The highest BCUT2D eigenvalue weighted by molar-refractivity contribution is 9.10. The molecule has 2 rings (SSSR count). The van der Waals surface area contributed by atoms with Gasteiger partial charge in [0.2, 0.25) is 11.8 Å². The van der Waals surface area contributed by atoms with E-state index in [9.17, 15) is 18.8 Å². The summed E-state index contributed by atoms with van der Waals surface area (Å²) in [6.07, 6.45) is 0.0107. The summed E-state index contributed by atoms with van der Waals surface area (Å²) in [5, 5.41) is 5.13. The van der Waals surface area contributed by atoms with E-state index in [1.165, 1.54) is 12.1 Å². The number of halogens is 2. The molecule has 0 saturated heterocycles. The Hall–Kier alpha value is -2.74. The normalized spacial score (nSPS) is 10.3. The van der Waals surface area contributed by atoms with Crippen molar-refractivity contribution in [2.45, 2.75) is 19.9 Å². The molecule has 2 aromatic carbocycles. The summed E-state index contributed by atoms with van der Waals surface area (Å²) < 4.78 is 13.7. The van der Waals surface area contributed by atoms with E-state index in [0.29, 0.717) is 17.6 Å².